The van der Waals surface area contributed by atoms with Gasteiger partial charge < -0.3 is 5.32 Å². The van der Waals surface area contributed by atoms with E-state index < -0.39 is 0 Å². The van der Waals surface area contributed by atoms with Gasteiger partial charge in [0.15, 0.2) is 5.65 Å². The highest BCUT2D eigenvalue weighted by Crippen LogP contribution is 2.26. The molecule has 1 amide bonds. The number of nitrogens with zero attached hydrogens (tertiary/aromatic N) is 3. The first-order valence-electron chi connectivity index (χ1n) is 8.10. The molecule has 0 fully saturated rings. The monoisotopic (exact) mass is 360 g/mol. The maximum atomic E-state index is 12.8. The van der Waals surface area contributed by atoms with Gasteiger partial charge in [0.05, 0.1) is 17.6 Å². The van der Waals surface area contributed by atoms with E-state index in [-0.39, 0.29) is 5.91 Å². The predicted molar refractivity (Wildman–Crippen MR) is 105 cm³/mol. The Morgan fingerprint density at radius 2 is 1.81 bits per heavy atom. The number of aromatic nitrogens is 3. The van der Waals surface area contributed by atoms with Crippen molar-refractivity contribution >= 4 is 29.0 Å². The number of amides is 1. The zero-order valence-electron chi connectivity index (χ0n) is 14.1. The van der Waals surface area contributed by atoms with Crippen LogP contribution in [-0.4, -0.2) is 26.8 Å². The van der Waals surface area contributed by atoms with Crippen LogP contribution >= 0.6 is 11.8 Å². The lowest BCUT2D eigenvalue weighted by atomic mass is 10.1. The van der Waals surface area contributed by atoms with Gasteiger partial charge in [-0.2, -0.15) is 5.10 Å². The van der Waals surface area contributed by atoms with Gasteiger partial charge in [-0.25, -0.2) is 9.50 Å². The van der Waals surface area contributed by atoms with Crippen molar-refractivity contribution in [1.29, 1.82) is 0 Å². The smallest absolute Gasteiger partial charge is 0.261 e. The van der Waals surface area contributed by atoms with Gasteiger partial charge in [0.2, 0.25) is 0 Å². The van der Waals surface area contributed by atoms with Crippen LogP contribution in [0.5, 0.6) is 0 Å². The lowest BCUT2D eigenvalue weighted by molar-refractivity contribution is 0.102. The van der Waals surface area contributed by atoms with Gasteiger partial charge in [-0.1, -0.05) is 42.5 Å². The van der Waals surface area contributed by atoms with Gasteiger partial charge in [-0.05, 0) is 24.5 Å². The van der Waals surface area contributed by atoms with Crippen molar-refractivity contribution in [1.82, 2.24) is 14.6 Å². The van der Waals surface area contributed by atoms with Crippen LogP contribution in [0.1, 0.15) is 10.4 Å². The van der Waals surface area contributed by atoms with Crippen LogP contribution in [0.2, 0.25) is 0 Å². The number of hydrogen-bond donors (Lipinski definition) is 1. The number of carbonyl (C=O) groups excluding carboxylic acids is 1. The van der Waals surface area contributed by atoms with Gasteiger partial charge >= 0.3 is 0 Å². The van der Waals surface area contributed by atoms with E-state index in [1.54, 1.807) is 28.7 Å². The minimum absolute atomic E-state index is 0.223. The zero-order chi connectivity index (χ0) is 17.9. The third-order valence-corrected chi connectivity index (χ3v) is 4.87. The van der Waals surface area contributed by atoms with Gasteiger partial charge in [0, 0.05) is 16.7 Å². The summed E-state index contributed by atoms with van der Waals surface area (Å²) in [6.07, 6.45) is 5.24. The second-order valence-electron chi connectivity index (χ2n) is 5.64. The fourth-order valence-electron chi connectivity index (χ4n) is 2.82. The zero-order valence-corrected chi connectivity index (χ0v) is 14.9. The van der Waals surface area contributed by atoms with E-state index >= 15 is 0 Å². The molecule has 0 aliphatic carbocycles. The lowest BCUT2D eigenvalue weighted by Crippen LogP contribution is -2.12. The molecule has 4 rings (SSSR count). The molecule has 0 aliphatic heterocycles. The average Bonchev–Trinajstić information content (AvgIpc) is 3.13. The molecule has 4 aromatic rings. The fraction of sp³-hybridized carbons (Fsp3) is 0.0500. The minimum atomic E-state index is -0.223. The number of thioether (sulfide) groups is 1. The average molecular weight is 360 g/mol. The maximum absolute atomic E-state index is 12.8. The summed E-state index contributed by atoms with van der Waals surface area (Å²) in [5, 5.41) is 7.35. The molecule has 2 aromatic heterocycles. The van der Waals surface area contributed by atoms with Crippen LogP contribution in [0.3, 0.4) is 0 Å². The number of fused-ring (bicyclic) bond motifs is 1. The molecule has 0 atom stereocenters. The van der Waals surface area contributed by atoms with Gasteiger partial charge in [0.1, 0.15) is 5.56 Å². The summed E-state index contributed by atoms with van der Waals surface area (Å²) in [4.78, 5) is 18.2. The minimum Gasteiger partial charge on any atom is -0.321 e. The molecule has 1 N–H and O–H groups in total. The first-order valence-corrected chi connectivity index (χ1v) is 9.33. The van der Waals surface area contributed by atoms with E-state index in [9.17, 15) is 4.79 Å². The molecular formula is C20H16N4OS. The second kappa shape index (κ2) is 7.01. The summed E-state index contributed by atoms with van der Waals surface area (Å²) in [5.74, 6) is -0.223. The van der Waals surface area contributed by atoms with Crippen molar-refractivity contribution in [2.24, 2.45) is 0 Å². The molecule has 2 aromatic carbocycles. The van der Waals surface area contributed by atoms with E-state index in [1.165, 1.54) is 0 Å². The topological polar surface area (TPSA) is 59.3 Å². The number of rotatable bonds is 4. The highest BCUT2D eigenvalue weighted by Gasteiger charge is 2.17. The van der Waals surface area contributed by atoms with E-state index in [0.717, 1.165) is 21.8 Å². The van der Waals surface area contributed by atoms with Crippen LogP contribution in [0, 0.1) is 0 Å². The number of carbonyl (C=O) groups is 1. The number of nitrogens with one attached hydrogen (secondary N) is 1. The summed E-state index contributed by atoms with van der Waals surface area (Å²) < 4.78 is 1.70. The Morgan fingerprint density at radius 3 is 2.62 bits per heavy atom. The predicted octanol–water partition coefficient (Wildman–Crippen LogP) is 4.37. The van der Waals surface area contributed by atoms with Crippen molar-refractivity contribution in [3.63, 3.8) is 0 Å². The molecule has 0 bridgehead atoms. The third-order valence-electron chi connectivity index (χ3n) is 4.07. The summed E-state index contributed by atoms with van der Waals surface area (Å²) in [5.41, 5.74) is 3.66. The second-order valence-corrected chi connectivity index (χ2v) is 6.49. The summed E-state index contributed by atoms with van der Waals surface area (Å²) in [6.45, 7) is 0. The van der Waals surface area contributed by atoms with E-state index in [0.29, 0.717) is 11.2 Å². The summed E-state index contributed by atoms with van der Waals surface area (Å²) in [7, 11) is 0. The highest BCUT2D eigenvalue weighted by atomic mass is 32.2. The fourth-order valence-corrected chi connectivity index (χ4v) is 3.37. The molecule has 0 aliphatic rings. The summed E-state index contributed by atoms with van der Waals surface area (Å²) in [6, 6.07) is 19.5. The molecule has 2 heterocycles. The van der Waals surface area contributed by atoms with Crippen molar-refractivity contribution in [2.75, 3.05) is 11.6 Å². The first-order chi connectivity index (χ1) is 12.8. The van der Waals surface area contributed by atoms with E-state index in [1.807, 2.05) is 66.9 Å². The van der Waals surface area contributed by atoms with Crippen molar-refractivity contribution in [2.45, 2.75) is 4.90 Å². The molecule has 5 nitrogen and oxygen atoms in total. The molecule has 0 radical (unpaired) electrons. The molecule has 128 valence electrons. The van der Waals surface area contributed by atoms with Gasteiger partial charge in [-0.15, -0.1) is 11.8 Å². The van der Waals surface area contributed by atoms with Crippen LogP contribution in [0.25, 0.3) is 16.9 Å². The Hall–Kier alpha value is -3.12. The molecule has 26 heavy (non-hydrogen) atoms. The number of anilines is 1. The summed E-state index contributed by atoms with van der Waals surface area (Å²) >= 11 is 1.59. The maximum Gasteiger partial charge on any atom is 0.261 e. The quantitative estimate of drug-likeness (QED) is 0.549. The van der Waals surface area contributed by atoms with Gasteiger partial charge in [-0.3, -0.25) is 4.79 Å². The van der Waals surface area contributed by atoms with Crippen LogP contribution in [-0.2, 0) is 0 Å². The molecule has 0 saturated heterocycles. The standard InChI is InChI=1S/C20H16N4OS/c1-26-18-10-6-5-9-16(18)23-20(25)15-13-22-24-17(11-12-21-19(15)24)14-7-3-2-4-8-14/h2-13H,1H3,(H,23,25). The Labute approximate surface area is 155 Å². The third kappa shape index (κ3) is 2.95. The highest BCUT2D eigenvalue weighted by molar-refractivity contribution is 7.98. The van der Waals surface area contributed by atoms with E-state index in [2.05, 4.69) is 15.4 Å². The van der Waals surface area contributed by atoms with Crippen molar-refractivity contribution in [3.8, 4) is 11.3 Å². The van der Waals surface area contributed by atoms with Crippen molar-refractivity contribution < 1.29 is 4.79 Å². The Morgan fingerprint density at radius 1 is 1.04 bits per heavy atom. The number of hydrogen-bond acceptors (Lipinski definition) is 4. The molecular weight excluding hydrogens is 344 g/mol. The molecule has 0 saturated carbocycles. The van der Waals surface area contributed by atoms with Crippen molar-refractivity contribution in [3.05, 3.63) is 78.6 Å². The largest absolute Gasteiger partial charge is 0.321 e. The van der Waals surface area contributed by atoms with Crippen LogP contribution in [0.4, 0.5) is 5.69 Å². The molecule has 6 heteroatoms. The number of benzene rings is 2. The normalized spacial score (nSPS) is 10.8. The Bertz CT molecular complexity index is 1080. The molecule has 0 unspecified atom stereocenters. The Balaban J connectivity index is 1.73. The number of para-hydroxylation sites is 1. The molecule has 0 spiro atoms. The Kier molecular flexibility index (Phi) is 4.41. The van der Waals surface area contributed by atoms with Crippen LogP contribution < -0.4 is 5.32 Å². The SMILES string of the molecule is CSc1ccccc1NC(=O)c1cnn2c(-c3ccccc3)ccnc12. The van der Waals surface area contributed by atoms with Gasteiger partial charge in [0.25, 0.3) is 5.91 Å². The van der Waals surface area contributed by atoms with E-state index in [4.69, 9.17) is 0 Å². The lowest BCUT2D eigenvalue weighted by Gasteiger charge is -2.08. The first kappa shape index (κ1) is 16.4. The van der Waals surface area contributed by atoms with Crippen LogP contribution in [0.15, 0.2) is 78.0 Å².